The molecule has 0 radical (unpaired) electrons. The van der Waals surface area contributed by atoms with E-state index in [0.29, 0.717) is 29.4 Å². The van der Waals surface area contributed by atoms with Gasteiger partial charge < -0.3 is 5.32 Å². The van der Waals surface area contributed by atoms with Gasteiger partial charge in [-0.1, -0.05) is 12.1 Å². The summed E-state index contributed by atoms with van der Waals surface area (Å²) >= 11 is 0. The van der Waals surface area contributed by atoms with E-state index in [0.717, 1.165) is 11.4 Å². The fraction of sp³-hybridized carbons (Fsp3) is 0.167. The second-order valence-electron chi connectivity index (χ2n) is 4.85. The maximum Gasteiger partial charge on any atom is 0.526 e. The van der Waals surface area contributed by atoms with Gasteiger partial charge in [-0.15, -0.1) is 0 Å². The fourth-order valence-electron chi connectivity index (χ4n) is 2.28. The van der Waals surface area contributed by atoms with Gasteiger partial charge in [-0.05, 0) is 30.0 Å². The Hall–Kier alpha value is -3.87. The monoisotopic (exact) mass is 312 g/mol. The van der Waals surface area contributed by atoms with Gasteiger partial charge in [-0.25, -0.2) is 4.85 Å². The standard InChI is InChI=1S/C18H12N6/c1-12-6-7-13-14(17(20-2)18(21-3)22-4)8-9-15(16(13)24-12)23-11-5-10-19/h6-9,23H,5,11H2,1H3. The van der Waals surface area contributed by atoms with E-state index in [1.165, 1.54) is 0 Å². The molecule has 1 aromatic carbocycles. The van der Waals surface area contributed by atoms with Crippen LogP contribution in [0.3, 0.4) is 0 Å². The average Bonchev–Trinajstić information content (AvgIpc) is 2.60. The van der Waals surface area contributed by atoms with Crippen LogP contribution in [0.15, 0.2) is 30.1 Å². The number of nitrogens with zero attached hydrogens (tertiary/aromatic N) is 5. The number of nitrogens with one attached hydrogen (secondary N) is 1. The van der Waals surface area contributed by atoms with Gasteiger partial charge in [0, 0.05) is 12.2 Å². The average molecular weight is 312 g/mol. The number of benzene rings is 1. The third kappa shape index (κ3) is 3.14. The highest BCUT2D eigenvalue weighted by atomic mass is 14.9. The molecule has 24 heavy (non-hydrogen) atoms. The van der Waals surface area contributed by atoms with Crippen molar-refractivity contribution in [1.29, 1.82) is 5.26 Å². The number of rotatable bonds is 4. The number of hydrogen-bond acceptors (Lipinski definition) is 3. The molecule has 0 saturated carbocycles. The molecule has 114 valence electrons. The Balaban J connectivity index is 2.73. The molecule has 0 fully saturated rings. The first-order valence-electron chi connectivity index (χ1n) is 7.04. The molecule has 0 spiro atoms. The van der Waals surface area contributed by atoms with Crippen LogP contribution in [-0.4, -0.2) is 11.5 Å². The van der Waals surface area contributed by atoms with Gasteiger partial charge in [0.25, 0.3) is 5.70 Å². The maximum atomic E-state index is 8.66. The summed E-state index contributed by atoms with van der Waals surface area (Å²) in [6.07, 6.45) is 0.363. The van der Waals surface area contributed by atoms with Crippen molar-refractivity contribution in [2.75, 3.05) is 11.9 Å². The predicted octanol–water partition coefficient (Wildman–Crippen LogP) is 4.25. The third-order valence-electron chi connectivity index (χ3n) is 3.34. The Morgan fingerprint density at radius 1 is 1.17 bits per heavy atom. The highest BCUT2D eigenvalue weighted by molar-refractivity contribution is 6.00. The minimum Gasteiger partial charge on any atom is -0.382 e. The Bertz CT molecular complexity index is 974. The summed E-state index contributed by atoms with van der Waals surface area (Å²) in [5, 5.41) is 12.5. The number of pyridine rings is 1. The van der Waals surface area contributed by atoms with E-state index in [-0.39, 0.29) is 11.5 Å². The zero-order valence-electron chi connectivity index (χ0n) is 13.0. The second kappa shape index (κ2) is 7.41. The van der Waals surface area contributed by atoms with E-state index in [1.54, 1.807) is 12.1 Å². The van der Waals surface area contributed by atoms with E-state index < -0.39 is 0 Å². The van der Waals surface area contributed by atoms with Crippen molar-refractivity contribution in [2.45, 2.75) is 13.3 Å². The first-order chi connectivity index (χ1) is 11.7. The van der Waals surface area contributed by atoms with Crippen molar-refractivity contribution in [3.8, 4) is 6.07 Å². The SMILES string of the molecule is [C-]#[N+]C([N+]#[C-])=C([N+]#[C-])c1ccc(NCCC#N)c2nc(C)ccc12. The first-order valence-corrected chi connectivity index (χ1v) is 7.04. The lowest BCUT2D eigenvalue weighted by Crippen LogP contribution is -2.03. The molecule has 0 saturated heterocycles. The fourth-order valence-corrected chi connectivity index (χ4v) is 2.28. The van der Waals surface area contributed by atoms with Crippen molar-refractivity contribution in [3.63, 3.8) is 0 Å². The van der Waals surface area contributed by atoms with E-state index in [2.05, 4.69) is 30.9 Å². The topological polar surface area (TPSA) is 61.8 Å². The molecular formula is C18H12N6. The normalized spacial score (nSPS) is 9.21. The van der Waals surface area contributed by atoms with Gasteiger partial charge in [0.05, 0.1) is 30.3 Å². The summed E-state index contributed by atoms with van der Waals surface area (Å²) in [5.74, 6) is -0.253. The van der Waals surface area contributed by atoms with Crippen LogP contribution in [0.4, 0.5) is 5.69 Å². The second-order valence-corrected chi connectivity index (χ2v) is 4.85. The molecule has 0 unspecified atom stereocenters. The predicted molar refractivity (Wildman–Crippen MR) is 91.9 cm³/mol. The van der Waals surface area contributed by atoms with Gasteiger partial charge in [-0.3, -0.25) is 4.98 Å². The summed E-state index contributed by atoms with van der Waals surface area (Å²) in [6, 6.07) is 9.19. The molecule has 0 bridgehead atoms. The lowest BCUT2D eigenvalue weighted by atomic mass is 10.0. The van der Waals surface area contributed by atoms with Gasteiger partial charge in [0.15, 0.2) is 0 Å². The number of nitriles is 1. The van der Waals surface area contributed by atoms with Crippen LogP contribution < -0.4 is 5.32 Å². The van der Waals surface area contributed by atoms with Crippen LogP contribution in [-0.2, 0) is 0 Å². The number of anilines is 1. The van der Waals surface area contributed by atoms with E-state index in [4.69, 9.17) is 25.0 Å². The molecule has 6 heteroatoms. The van der Waals surface area contributed by atoms with Crippen molar-refractivity contribution < 1.29 is 0 Å². The smallest absolute Gasteiger partial charge is 0.382 e. The van der Waals surface area contributed by atoms with Crippen LogP contribution in [0.1, 0.15) is 17.7 Å². The van der Waals surface area contributed by atoms with Gasteiger partial charge >= 0.3 is 5.82 Å². The summed E-state index contributed by atoms with van der Waals surface area (Å²) in [5.41, 5.74) is 2.76. The Kier molecular flexibility index (Phi) is 5.09. The molecule has 0 aliphatic heterocycles. The van der Waals surface area contributed by atoms with Crippen LogP contribution in [0.25, 0.3) is 31.1 Å². The summed E-state index contributed by atoms with van der Waals surface area (Å²) in [4.78, 5) is 14.2. The molecule has 6 nitrogen and oxygen atoms in total. The number of fused-ring (bicyclic) bond motifs is 1. The third-order valence-corrected chi connectivity index (χ3v) is 3.34. The summed E-state index contributed by atoms with van der Waals surface area (Å²) < 4.78 is 0. The Morgan fingerprint density at radius 3 is 2.54 bits per heavy atom. The molecule has 0 aliphatic carbocycles. The van der Waals surface area contributed by atoms with Gasteiger partial charge in [0.2, 0.25) is 0 Å². The van der Waals surface area contributed by atoms with Crippen LogP contribution >= 0.6 is 0 Å². The highest BCUT2D eigenvalue weighted by Gasteiger charge is 2.20. The maximum absolute atomic E-state index is 8.66. The molecule has 2 rings (SSSR count). The first kappa shape index (κ1) is 16.5. The van der Waals surface area contributed by atoms with Crippen molar-refractivity contribution in [3.05, 3.63) is 75.6 Å². The van der Waals surface area contributed by atoms with E-state index in [9.17, 15) is 0 Å². The highest BCUT2D eigenvalue weighted by Crippen LogP contribution is 2.32. The number of hydrogen-bond donors (Lipinski definition) is 1. The largest absolute Gasteiger partial charge is 0.526 e. The number of aryl methyl sites for hydroxylation is 1. The van der Waals surface area contributed by atoms with Gasteiger partial charge in [0.1, 0.15) is 13.1 Å². The van der Waals surface area contributed by atoms with Crippen molar-refractivity contribution >= 4 is 22.3 Å². The summed E-state index contributed by atoms with van der Waals surface area (Å²) in [7, 11) is 0. The minimum atomic E-state index is -0.253. The molecular weight excluding hydrogens is 300 g/mol. The van der Waals surface area contributed by atoms with Gasteiger partial charge in [-0.2, -0.15) is 15.0 Å². The minimum absolute atomic E-state index is 0.0271. The molecule has 0 amide bonds. The van der Waals surface area contributed by atoms with Crippen LogP contribution in [0.5, 0.6) is 0 Å². The van der Waals surface area contributed by atoms with E-state index >= 15 is 0 Å². The lowest BCUT2D eigenvalue weighted by Gasteiger charge is -2.11. The molecule has 1 heterocycles. The Morgan fingerprint density at radius 2 is 1.92 bits per heavy atom. The van der Waals surface area contributed by atoms with Crippen LogP contribution in [0, 0.1) is 38.0 Å². The molecule has 0 atom stereocenters. The van der Waals surface area contributed by atoms with E-state index in [1.807, 2.05) is 19.1 Å². The Labute approximate surface area is 140 Å². The molecule has 2 aromatic rings. The molecule has 1 N–H and O–H groups in total. The van der Waals surface area contributed by atoms with Crippen molar-refractivity contribution in [1.82, 2.24) is 4.98 Å². The summed E-state index contributed by atoms with van der Waals surface area (Å²) in [6.45, 7) is 23.9. The lowest BCUT2D eigenvalue weighted by molar-refractivity contribution is 1.08. The molecule has 0 aliphatic rings. The number of aromatic nitrogens is 1. The zero-order valence-corrected chi connectivity index (χ0v) is 13.0. The molecule has 1 aromatic heterocycles. The quantitative estimate of drug-likeness (QED) is 0.678. The zero-order chi connectivity index (χ0) is 17.5. The van der Waals surface area contributed by atoms with Crippen molar-refractivity contribution in [2.24, 2.45) is 0 Å². The van der Waals surface area contributed by atoms with Crippen LogP contribution in [0.2, 0.25) is 0 Å².